The fourth-order valence-corrected chi connectivity index (χ4v) is 2.30. The van der Waals surface area contributed by atoms with Crippen LogP contribution in [-0.4, -0.2) is 26.4 Å². The molecule has 0 saturated heterocycles. The molecule has 1 aromatic rings. The van der Waals surface area contributed by atoms with Crippen LogP contribution < -0.4 is 0 Å². The maximum Gasteiger partial charge on any atom is 0.313 e. The van der Waals surface area contributed by atoms with Crippen molar-refractivity contribution in [2.24, 2.45) is 11.8 Å². The molecule has 0 amide bonds. The first-order chi connectivity index (χ1) is 7.16. The Morgan fingerprint density at radius 2 is 2.53 bits per heavy atom. The lowest BCUT2D eigenvalue weighted by molar-refractivity contribution is -0.133. The van der Waals surface area contributed by atoms with Crippen molar-refractivity contribution in [3.05, 3.63) is 12.4 Å². The number of rotatable bonds is 5. The lowest BCUT2D eigenvalue weighted by atomic mass is 10.3. The summed E-state index contributed by atoms with van der Waals surface area (Å²) < 4.78 is 2.06. The van der Waals surface area contributed by atoms with Crippen molar-refractivity contribution in [2.75, 3.05) is 5.75 Å². The molecule has 0 aliphatic heterocycles. The van der Waals surface area contributed by atoms with E-state index in [0.717, 1.165) is 23.5 Å². The number of hydrogen-bond acceptors (Lipinski definition) is 3. The first-order valence-electron chi connectivity index (χ1n) is 5.02. The highest BCUT2D eigenvalue weighted by molar-refractivity contribution is 7.99. The van der Waals surface area contributed by atoms with Crippen LogP contribution in [0.2, 0.25) is 0 Å². The minimum Gasteiger partial charge on any atom is -0.481 e. The summed E-state index contributed by atoms with van der Waals surface area (Å²) in [5.41, 5.74) is 0. The molecule has 0 spiro atoms. The molecule has 0 radical (unpaired) electrons. The van der Waals surface area contributed by atoms with Gasteiger partial charge < -0.3 is 9.67 Å². The van der Waals surface area contributed by atoms with E-state index in [9.17, 15) is 4.79 Å². The number of carboxylic acids is 1. The Bertz CT molecular complexity index is 364. The number of nitrogens with zero attached hydrogens (tertiary/aromatic N) is 2. The molecule has 4 nitrogen and oxygen atoms in total. The third kappa shape index (κ3) is 2.75. The van der Waals surface area contributed by atoms with Crippen LogP contribution in [0.3, 0.4) is 0 Å². The third-order valence-electron chi connectivity index (χ3n) is 2.71. The van der Waals surface area contributed by atoms with Crippen molar-refractivity contribution in [2.45, 2.75) is 25.0 Å². The predicted octanol–water partition coefficient (Wildman–Crippen LogP) is 1.72. The molecule has 1 saturated carbocycles. The Kier molecular flexibility index (Phi) is 3.00. The topological polar surface area (TPSA) is 55.1 Å². The van der Waals surface area contributed by atoms with Gasteiger partial charge in [0.2, 0.25) is 0 Å². The first kappa shape index (κ1) is 10.5. The lowest BCUT2D eigenvalue weighted by Gasteiger charge is -2.05. The van der Waals surface area contributed by atoms with Gasteiger partial charge in [-0.1, -0.05) is 18.7 Å². The molecule has 1 aliphatic carbocycles. The molecule has 82 valence electrons. The van der Waals surface area contributed by atoms with Crippen LogP contribution in [0.4, 0.5) is 0 Å². The molecule has 2 rings (SSSR count). The monoisotopic (exact) mass is 226 g/mol. The number of hydrogen-bond donors (Lipinski definition) is 1. The summed E-state index contributed by atoms with van der Waals surface area (Å²) in [6.45, 7) is 3.22. The standard InChI is InChI=1S/C10H14N2O2S/c1-7-4-8(7)5-12-3-2-11-10(12)15-6-9(13)14/h2-3,7-8H,4-6H2,1H3,(H,13,14). The van der Waals surface area contributed by atoms with E-state index in [1.807, 2.05) is 6.20 Å². The van der Waals surface area contributed by atoms with E-state index < -0.39 is 5.97 Å². The number of aromatic nitrogens is 2. The van der Waals surface area contributed by atoms with Gasteiger partial charge in [-0.15, -0.1) is 0 Å². The summed E-state index contributed by atoms with van der Waals surface area (Å²) in [4.78, 5) is 14.6. The minimum absolute atomic E-state index is 0.0806. The van der Waals surface area contributed by atoms with E-state index in [1.54, 1.807) is 6.20 Å². The number of aliphatic carboxylic acids is 1. The molecule has 2 atom stereocenters. The third-order valence-corrected chi connectivity index (χ3v) is 3.70. The van der Waals surface area contributed by atoms with Crippen molar-refractivity contribution in [1.82, 2.24) is 9.55 Å². The second-order valence-electron chi connectivity index (χ2n) is 4.02. The van der Waals surface area contributed by atoms with Gasteiger partial charge >= 0.3 is 5.97 Å². The van der Waals surface area contributed by atoms with Crippen molar-refractivity contribution in [1.29, 1.82) is 0 Å². The zero-order valence-electron chi connectivity index (χ0n) is 8.59. The van der Waals surface area contributed by atoms with Crippen LogP contribution in [0.5, 0.6) is 0 Å². The van der Waals surface area contributed by atoms with Crippen LogP contribution in [0.15, 0.2) is 17.6 Å². The van der Waals surface area contributed by atoms with Crippen molar-refractivity contribution >= 4 is 17.7 Å². The Hall–Kier alpha value is -0.970. The first-order valence-corrected chi connectivity index (χ1v) is 6.01. The molecule has 0 aromatic carbocycles. The lowest BCUT2D eigenvalue weighted by Crippen LogP contribution is -2.04. The maximum atomic E-state index is 10.4. The average Bonchev–Trinajstić information content (AvgIpc) is 2.71. The highest BCUT2D eigenvalue weighted by atomic mass is 32.2. The van der Waals surface area contributed by atoms with E-state index >= 15 is 0 Å². The summed E-state index contributed by atoms with van der Waals surface area (Å²) in [6.07, 6.45) is 4.94. The average molecular weight is 226 g/mol. The van der Waals surface area contributed by atoms with Crippen molar-refractivity contribution in [3.63, 3.8) is 0 Å². The molecule has 1 fully saturated rings. The van der Waals surface area contributed by atoms with Crippen molar-refractivity contribution in [3.8, 4) is 0 Å². The summed E-state index contributed by atoms with van der Waals surface area (Å²) in [5, 5.41) is 9.40. The van der Waals surface area contributed by atoms with Gasteiger partial charge in [-0.2, -0.15) is 0 Å². The van der Waals surface area contributed by atoms with Gasteiger partial charge in [-0.3, -0.25) is 4.79 Å². The Morgan fingerprint density at radius 1 is 1.80 bits per heavy atom. The predicted molar refractivity (Wildman–Crippen MR) is 57.9 cm³/mol. The van der Waals surface area contributed by atoms with Crippen LogP contribution in [0.1, 0.15) is 13.3 Å². The molecule has 1 aliphatic rings. The van der Waals surface area contributed by atoms with Crippen LogP contribution >= 0.6 is 11.8 Å². The van der Waals surface area contributed by atoms with Gasteiger partial charge in [0.25, 0.3) is 0 Å². The fraction of sp³-hybridized carbons (Fsp3) is 0.600. The Morgan fingerprint density at radius 3 is 3.13 bits per heavy atom. The quantitative estimate of drug-likeness (QED) is 0.777. The van der Waals surface area contributed by atoms with Gasteiger partial charge in [-0.25, -0.2) is 4.98 Å². The van der Waals surface area contributed by atoms with Crippen LogP contribution in [-0.2, 0) is 11.3 Å². The molecule has 0 bridgehead atoms. The highest BCUT2D eigenvalue weighted by Crippen LogP contribution is 2.39. The second kappa shape index (κ2) is 4.26. The number of thioether (sulfide) groups is 1. The summed E-state index contributed by atoms with van der Waals surface area (Å²) in [7, 11) is 0. The Labute approximate surface area is 92.7 Å². The zero-order valence-corrected chi connectivity index (χ0v) is 9.41. The SMILES string of the molecule is CC1CC1Cn1ccnc1SCC(=O)O. The van der Waals surface area contributed by atoms with Gasteiger partial charge in [0.05, 0.1) is 5.75 Å². The van der Waals surface area contributed by atoms with Crippen LogP contribution in [0, 0.1) is 11.8 Å². The largest absolute Gasteiger partial charge is 0.481 e. The molecule has 2 unspecified atom stereocenters. The summed E-state index contributed by atoms with van der Waals surface area (Å²) >= 11 is 1.29. The normalized spacial score (nSPS) is 24.1. The molecule has 1 heterocycles. The molecular formula is C10H14N2O2S. The van der Waals surface area contributed by atoms with Gasteiger partial charge in [0.1, 0.15) is 0 Å². The van der Waals surface area contributed by atoms with E-state index in [1.165, 1.54) is 18.2 Å². The zero-order chi connectivity index (χ0) is 10.8. The molecule has 15 heavy (non-hydrogen) atoms. The van der Waals surface area contributed by atoms with Crippen molar-refractivity contribution < 1.29 is 9.90 Å². The molecule has 1 N–H and O–H groups in total. The van der Waals surface area contributed by atoms with Gasteiger partial charge in [-0.05, 0) is 18.3 Å². The summed E-state index contributed by atoms with van der Waals surface area (Å²) in [6, 6.07) is 0. The maximum absolute atomic E-state index is 10.4. The molecular weight excluding hydrogens is 212 g/mol. The fourth-order valence-electron chi connectivity index (χ4n) is 1.61. The van der Waals surface area contributed by atoms with E-state index in [-0.39, 0.29) is 5.75 Å². The second-order valence-corrected chi connectivity index (χ2v) is 4.96. The number of carbonyl (C=O) groups is 1. The molecule has 1 aromatic heterocycles. The highest BCUT2D eigenvalue weighted by Gasteiger charge is 2.32. The minimum atomic E-state index is -0.797. The number of imidazole rings is 1. The van der Waals surface area contributed by atoms with Crippen LogP contribution in [0.25, 0.3) is 0 Å². The number of carboxylic acid groups (broad SMARTS) is 1. The Balaban J connectivity index is 1.92. The van der Waals surface area contributed by atoms with E-state index in [4.69, 9.17) is 5.11 Å². The summed E-state index contributed by atoms with van der Waals surface area (Å²) in [5.74, 6) is 0.847. The van der Waals surface area contributed by atoms with E-state index in [2.05, 4.69) is 16.5 Å². The van der Waals surface area contributed by atoms with Gasteiger partial charge in [0, 0.05) is 18.9 Å². The smallest absolute Gasteiger partial charge is 0.313 e. The van der Waals surface area contributed by atoms with Gasteiger partial charge in [0.15, 0.2) is 5.16 Å². The molecule has 5 heteroatoms. The van der Waals surface area contributed by atoms with E-state index in [0.29, 0.717) is 0 Å².